The molecule has 110 valence electrons. The Bertz CT molecular complexity index is 614. The molecule has 7 heteroatoms. The third kappa shape index (κ3) is 2.81. The standard InChI is InChI=1S/C14H16N4O3/c1-20-14-12(15-4-5-16-14)18-6-2-11(8-18)17-13(19)10-3-7-21-9-10/h3-5,7,9,11H,2,6,8H2,1H3,(H,17,19). The van der Waals surface area contributed by atoms with Crippen LogP contribution in [-0.4, -0.2) is 42.1 Å². The molecule has 0 aliphatic carbocycles. The van der Waals surface area contributed by atoms with Gasteiger partial charge in [0.2, 0.25) is 0 Å². The van der Waals surface area contributed by atoms with Crippen LogP contribution in [-0.2, 0) is 0 Å². The Hall–Kier alpha value is -2.57. The summed E-state index contributed by atoms with van der Waals surface area (Å²) in [6.07, 6.45) is 7.00. The van der Waals surface area contributed by atoms with Crippen molar-refractivity contribution in [2.24, 2.45) is 0 Å². The molecule has 1 atom stereocenters. The third-order valence-electron chi connectivity index (χ3n) is 3.45. The van der Waals surface area contributed by atoms with Gasteiger partial charge in [0.05, 0.1) is 18.9 Å². The van der Waals surface area contributed by atoms with Gasteiger partial charge in [0.25, 0.3) is 11.8 Å². The highest BCUT2D eigenvalue weighted by Crippen LogP contribution is 2.25. The van der Waals surface area contributed by atoms with Gasteiger partial charge < -0.3 is 19.4 Å². The van der Waals surface area contributed by atoms with Gasteiger partial charge in [-0.25, -0.2) is 9.97 Å². The molecular weight excluding hydrogens is 272 g/mol. The summed E-state index contributed by atoms with van der Waals surface area (Å²) in [4.78, 5) is 22.5. The van der Waals surface area contributed by atoms with Crippen molar-refractivity contribution in [2.45, 2.75) is 12.5 Å². The predicted octanol–water partition coefficient (Wildman–Crippen LogP) is 1.09. The van der Waals surface area contributed by atoms with Gasteiger partial charge in [0.1, 0.15) is 6.26 Å². The molecule has 3 heterocycles. The van der Waals surface area contributed by atoms with E-state index in [1.165, 1.54) is 12.5 Å². The summed E-state index contributed by atoms with van der Waals surface area (Å²) in [5.74, 6) is 1.08. The first-order valence-electron chi connectivity index (χ1n) is 6.71. The number of carbonyl (C=O) groups is 1. The molecule has 0 aromatic carbocycles. The maximum absolute atomic E-state index is 12.0. The molecule has 1 fully saturated rings. The van der Waals surface area contributed by atoms with Crippen LogP contribution in [0, 0.1) is 0 Å². The van der Waals surface area contributed by atoms with Gasteiger partial charge in [-0.15, -0.1) is 0 Å². The topological polar surface area (TPSA) is 80.5 Å². The summed E-state index contributed by atoms with van der Waals surface area (Å²) >= 11 is 0. The van der Waals surface area contributed by atoms with Crippen molar-refractivity contribution in [1.29, 1.82) is 0 Å². The lowest BCUT2D eigenvalue weighted by atomic mass is 10.2. The number of nitrogens with one attached hydrogen (secondary N) is 1. The minimum Gasteiger partial charge on any atom is -0.478 e. The average Bonchev–Trinajstić information content (AvgIpc) is 3.18. The van der Waals surface area contributed by atoms with Crippen LogP contribution in [0.3, 0.4) is 0 Å². The summed E-state index contributed by atoms with van der Waals surface area (Å²) in [5, 5.41) is 2.99. The molecule has 0 saturated carbocycles. The summed E-state index contributed by atoms with van der Waals surface area (Å²) in [6.45, 7) is 1.48. The fourth-order valence-electron chi connectivity index (χ4n) is 2.41. The number of rotatable bonds is 4. The minimum atomic E-state index is -0.123. The Kier molecular flexibility index (Phi) is 3.72. The van der Waals surface area contributed by atoms with E-state index in [0.29, 0.717) is 23.8 Å². The molecule has 0 radical (unpaired) electrons. The van der Waals surface area contributed by atoms with Crippen LogP contribution in [0.25, 0.3) is 0 Å². The van der Waals surface area contributed by atoms with E-state index in [9.17, 15) is 4.79 Å². The summed E-state index contributed by atoms with van der Waals surface area (Å²) in [6, 6.07) is 1.72. The van der Waals surface area contributed by atoms with E-state index < -0.39 is 0 Å². The fourth-order valence-corrected chi connectivity index (χ4v) is 2.41. The normalized spacial score (nSPS) is 17.8. The van der Waals surface area contributed by atoms with Crippen LogP contribution < -0.4 is 15.0 Å². The molecule has 1 N–H and O–H groups in total. The largest absolute Gasteiger partial charge is 0.478 e. The van der Waals surface area contributed by atoms with Gasteiger partial charge in [-0.2, -0.15) is 0 Å². The van der Waals surface area contributed by atoms with Crippen molar-refractivity contribution in [3.8, 4) is 5.88 Å². The predicted molar refractivity (Wildman–Crippen MR) is 75.4 cm³/mol. The number of hydrogen-bond acceptors (Lipinski definition) is 6. The number of ether oxygens (including phenoxy) is 1. The van der Waals surface area contributed by atoms with E-state index in [4.69, 9.17) is 9.15 Å². The second kappa shape index (κ2) is 5.82. The van der Waals surface area contributed by atoms with E-state index in [1.807, 2.05) is 0 Å². The van der Waals surface area contributed by atoms with Gasteiger partial charge in [-0.1, -0.05) is 0 Å². The number of methoxy groups -OCH3 is 1. The summed E-state index contributed by atoms with van der Waals surface area (Å²) in [5.41, 5.74) is 0.533. The zero-order chi connectivity index (χ0) is 14.7. The Morgan fingerprint density at radius 1 is 1.48 bits per heavy atom. The lowest BCUT2D eigenvalue weighted by Gasteiger charge is -2.19. The summed E-state index contributed by atoms with van der Waals surface area (Å²) in [7, 11) is 1.57. The molecule has 0 spiro atoms. The maximum Gasteiger partial charge on any atom is 0.257 e. The number of anilines is 1. The zero-order valence-electron chi connectivity index (χ0n) is 11.7. The smallest absolute Gasteiger partial charge is 0.257 e. The average molecular weight is 288 g/mol. The molecule has 2 aromatic rings. The van der Waals surface area contributed by atoms with Crippen LogP contribution in [0.4, 0.5) is 5.82 Å². The van der Waals surface area contributed by atoms with Gasteiger partial charge in [0, 0.05) is 31.5 Å². The Morgan fingerprint density at radius 2 is 2.33 bits per heavy atom. The highest BCUT2D eigenvalue weighted by molar-refractivity contribution is 5.94. The van der Waals surface area contributed by atoms with Crippen LogP contribution in [0.1, 0.15) is 16.8 Å². The van der Waals surface area contributed by atoms with E-state index in [2.05, 4.69) is 20.2 Å². The number of nitrogens with zero attached hydrogens (tertiary/aromatic N) is 3. The number of hydrogen-bond donors (Lipinski definition) is 1. The molecule has 7 nitrogen and oxygen atoms in total. The van der Waals surface area contributed by atoms with Gasteiger partial charge in [-0.3, -0.25) is 4.79 Å². The maximum atomic E-state index is 12.0. The number of carbonyl (C=O) groups excluding carboxylic acids is 1. The number of furan rings is 1. The molecule has 0 bridgehead atoms. The molecular formula is C14H16N4O3. The van der Waals surface area contributed by atoms with Crippen molar-refractivity contribution in [3.05, 3.63) is 36.5 Å². The number of amides is 1. The van der Waals surface area contributed by atoms with Crippen LogP contribution in [0.15, 0.2) is 35.4 Å². The Balaban J connectivity index is 1.64. The third-order valence-corrected chi connectivity index (χ3v) is 3.45. The molecule has 2 aromatic heterocycles. The van der Waals surface area contributed by atoms with Crippen LogP contribution in [0.2, 0.25) is 0 Å². The van der Waals surface area contributed by atoms with Crippen LogP contribution in [0.5, 0.6) is 5.88 Å². The van der Waals surface area contributed by atoms with Gasteiger partial charge in [-0.05, 0) is 12.5 Å². The van der Waals surface area contributed by atoms with E-state index in [0.717, 1.165) is 13.0 Å². The first kappa shape index (κ1) is 13.4. The van der Waals surface area contributed by atoms with E-state index in [1.54, 1.807) is 25.6 Å². The van der Waals surface area contributed by atoms with Crippen molar-refractivity contribution >= 4 is 11.7 Å². The van der Waals surface area contributed by atoms with Crippen molar-refractivity contribution in [2.75, 3.05) is 25.1 Å². The molecule has 1 aliphatic heterocycles. The SMILES string of the molecule is COc1nccnc1N1CCC(NC(=O)c2ccoc2)C1. The molecule has 1 amide bonds. The second-order valence-electron chi connectivity index (χ2n) is 4.81. The quantitative estimate of drug-likeness (QED) is 0.907. The Labute approximate surface area is 121 Å². The van der Waals surface area contributed by atoms with Crippen molar-refractivity contribution < 1.29 is 13.9 Å². The fraction of sp³-hybridized carbons (Fsp3) is 0.357. The second-order valence-corrected chi connectivity index (χ2v) is 4.81. The molecule has 1 aliphatic rings. The van der Waals surface area contributed by atoms with E-state index in [-0.39, 0.29) is 11.9 Å². The number of aromatic nitrogens is 2. The Morgan fingerprint density at radius 3 is 3.10 bits per heavy atom. The molecule has 1 saturated heterocycles. The monoisotopic (exact) mass is 288 g/mol. The van der Waals surface area contributed by atoms with Gasteiger partial charge >= 0.3 is 0 Å². The van der Waals surface area contributed by atoms with Crippen molar-refractivity contribution in [1.82, 2.24) is 15.3 Å². The minimum absolute atomic E-state index is 0.0686. The van der Waals surface area contributed by atoms with Crippen molar-refractivity contribution in [3.63, 3.8) is 0 Å². The first-order chi connectivity index (χ1) is 10.3. The summed E-state index contributed by atoms with van der Waals surface area (Å²) < 4.78 is 10.1. The highest BCUT2D eigenvalue weighted by Gasteiger charge is 2.27. The van der Waals surface area contributed by atoms with Crippen LogP contribution >= 0.6 is 0 Å². The lowest BCUT2D eigenvalue weighted by molar-refractivity contribution is 0.0940. The van der Waals surface area contributed by atoms with Gasteiger partial charge in [0.15, 0.2) is 5.82 Å². The highest BCUT2D eigenvalue weighted by atomic mass is 16.5. The molecule has 1 unspecified atom stereocenters. The molecule has 3 rings (SSSR count). The lowest BCUT2D eigenvalue weighted by Crippen LogP contribution is -2.37. The zero-order valence-corrected chi connectivity index (χ0v) is 11.7. The first-order valence-corrected chi connectivity index (χ1v) is 6.71. The molecule has 21 heavy (non-hydrogen) atoms. The van der Waals surface area contributed by atoms with E-state index >= 15 is 0 Å².